The van der Waals surface area contributed by atoms with Gasteiger partial charge in [-0.25, -0.2) is 0 Å². The van der Waals surface area contributed by atoms with Gasteiger partial charge in [0, 0.05) is 0 Å². The summed E-state index contributed by atoms with van der Waals surface area (Å²) in [5, 5.41) is 3.51. The monoisotopic (exact) mass is 306 g/mol. The number of benzene rings is 1. The van der Waals surface area contributed by atoms with Crippen LogP contribution in [0.4, 0.5) is 0 Å². The van der Waals surface area contributed by atoms with Crippen molar-refractivity contribution in [2.75, 3.05) is 32.7 Å². The predicted octanol–water partition coefficient (Wildman–Crippen LogP) is 3.39. The number of nitrogens with zero attached hydrogens (tertiary/aromatic N) is 1. The summed E-state index contributed by atoms with van der Waals surface area (Å²) >= 11 is 0. The number of rotatable bonds is 9. The third kappa shape index (κ3) is 10.2. The van der Waals surface area contributed by atoms with E-state index in [0.717, 1.165) is 19.5 Å². The van der Waals surface area contributed by atoms with Crippen LogP contribution in [0.5, 0.6) is 0 Å². The molecule has 0 amide bonds. The van der Waals surface area contributed by atoms with Crippen LogP contribution in [-0.4, -0.2) is 37.6 Å². The van der Waals surface area contributed by atoms with Crippen molar-refractivity contribution in [1.82, 2.24) is 10.2 Å². The lowest BCUT2D eigenvalue weighted by Gasteiger charge is -2.17. The van der Waals surface area contributed by atoms with E-state index in [1.54, 1.807) is 0 Å². The molecule has 112 valence electrons. The maximum atomic E-state index is 3.51. The molecule has 0 unspecified atom stereocenters. The van der Waals surface area contributed by atoms with E-state index >= 15 is 0 Å². The van der Waals surface area contributed by atoms with E-state index in [2.05, 4.69) is 54.4 Å². The van der Waals surface area contributed by atoms with Crippen molar-refractivity contribution in [3.8, 4) is 0 Å². The second-order valence-corrected chi connectivity index (χ2v) is 4.37. The van der Waals surface area contributed by atoms with E-state index in [1.165, 1.54) is 31.6 Å². The number of nitrogens with one attached hydrogen (secondary N) is 1. The summed E-state index contributed by atoms with van der Waals surface area (Å²) in [6.45, 7) is 10.2. The molecule has 1 N–H and O–H groups in total. The molecule has 0 aromatic heterocycles. The van der Waals surface area contributed by atoms with Crippen molar-refractivity contribution < 1.29 is 0 Å². The van der Waals surface area contributed by atoms with Gasteiger partial charge in [0.1, 0.15) is 0 Å². The fraction of sp³-hybridized carbons (Fsp3) is 0.600. The lowest BCUT2D eigenvalue weighted by atomic mass is 10.1. The molecule has 0 fully saturated rings. The molecule has 0 atom stereocenters. The van der Waals surface area contributed by atoms with Gasteiger partial charge < -0.3 is 10.2 Å². The van der Waals surface area contributed by atoms with Crippen molar-refractivity contribution in [3.63, 3.8) is 0 Å². The molecule has 1 aromatic carbocycles. The molecule has 0 aliphatic rings. The molecule has 0 bridgehead atoms. The highest BCUT2D eigenvalue weighted by Gasteiger charge is 1.97. The van der Waals surface area contributed by atoms with Crippen molar-refractivity contribution in [2.45, 2.75) is 26.7 Å². The quantitative estimate of drug-likeness (QED) is 0.704. The third-order valence-corrected chi connectivity index (χ3v) is 3.16. The zero-order chi connectivity index (χ0) is 12.3. The Balaban J connectivity index is 0. The molecule has 4 heteroatoms. The van der Waals surface area contributed by atoms with Crippen LogP contribution < -0.4 is 5.32 Å². The van der Waals surface area contributed by atoms with Crippen molar-refractivity contribution >= 4 is 24.8 Å². The maximum Gasteiger partial charge on any atom is -0.000687 e. The van der Waals surface area contributed by atoms with E-state index in [1.807, 2.05) is 0 Å². The van der Waals surface area contributed by atoms with Crippen LogP contribution >= 0.6 is 24.8 Å². The zero-order valence-corrected chi connectivity index (χ0v) is 13.7. The SMILES string of the molecule is CCN(CC)CCCNCCc1ccccc1.Cl.Cl. The zero-order valence-electron chi connectivity index (χ0n) is 12.1. The normalized spacial score (nSPS) is 9.84. The summed E-state index contributed by atoms with van der Waals surface area (Å²) < 4.78 is 0. The summed E-state index contributed by atoms with van der Waals surface area (Å²) in [4.78, 5) is 2.47. The average Bonchev–Trinajstić information content (AvgIpc) is 2.39. The first-order chi connectivity index (χ1) is 8.36. The molecule has 0 spiro atoms. The van der Waals surface area contributed by atoms with Gasteiger partial charge in [0.2, 0.25) is 0 Å². The first-order valence-corrected chi connectivity index (χ1v) is 6.83. The summed E-state index contributed by atoms with van der Waals surface area (Å²) in [6.07, 6.45) is 2.38. The maximum absolute atomic E-state index is 3.51. The largest absolute Gasteiger partial charge is 0.316 e. The Hall–Kier alpha value is -0.280. The minimum atomic E-state index is 0. The molecule has 2 nitrogen and oxygen atoms in total. The second-order valence-electron chi connectivity index (χ2n) is 4.37. The van der Waals surface area contributed by atoms with Gasteiger partial charge in [-0.3, -0.25) is 0 Å². The van der Waals surface area contributed by atoms with Crippen LogP contribution in [0.3, 0.4) is 0 Å². The highest BCUT2D eigenvalue weighted by molar-refractivity contribution is 5.85. The van der Waals surface area contributed by atoms with Gasteiger partial charge in [0.25, 0.3) is 0 Å². The topological polar surface area (TPSA) is 15.3 Å². The molecule has 0 aliphatic heterocycles. The van der Waals surface area contributed by atoms with Crippen LogP contribution in [0.15, 0.2) is 30.3 Å². The Bertz CT molecular complexity index is 277. The fourth-order valence-electron chi connectivity index (χ4n) is 1.97. The van der Waals surface area contributed by atoms with Gasteiger partial charge in [-0.15, -0.1) is 24.8 Å². The molecule has 1 aromatic rings. The molecule has 0 aliphatic carbocycles. The number of halogens is 2. The van der Waals surface area contributed by atoms with Gasteiger partial charge in [0.15, 0.2) is 0 Å². The van der Waals surface area contributed by atoms with E-state index in [4.69, 9.17) is 0 Å². The van der Waals surface area contributed by atoms with E-state index in [9.17, 15) is 0 Å². The summed E-state index contributed by atoms with van der Waals surface area (Å²) in [5.41, 5.74) is 1.42. The number of hydrogen-bond acceptors (Lipinski definition) is 2. The standard InChI is InChI=1S/C15H26N2.2ClH/c1-3-17(4-2)14-8-12-16-13-11-15-9-6-5-7-10-15;;/h5-7,9-10,16H,3-4,8,11-14H2,1-2H3;2*1H. The highest BCUT2D eigenvalue weighted by Crippen LogP contribution is 1.98. The summed E-state index contributed by atoms with van der Waals surface area (Å²) in [5.74, 6) is 0. The Kier molecular flexibility index (Phi) is 15.6. The van der Waals surface area contributed by atoms with E-state index < -0.39 is 0 Å². The molecule has 1 rings (SSSR count). The first kappa shape index (κ1) is 21.0. The summed E-state index contributed by atoms with van der Waals surface area (Å²) in [6, 6.07) is 10.7. The van der Waals surface area contributed by atoms with Crippen molar-refractivity contribution in [3.05, 3.63) is 35.9 Å². The predicted molar refractivity (Wildman–Crippen MR) is 89.9 cm³/mol. The van der Waals surface area contributed by atoms with Gasteiger partial charge in [-0.1, -0.05) is 44.2 Å². The van der Waals surface area contributed by atoms with Crippen LogP contribution in [0.2, 0.25) is 0 Å². The van der Waals surface area contributed by atoms with Crippen molar-refractivity contribution in [2.24, 2.45) is 0 Å². The lowest BCUT2D eigenvalue weighted by molar-refractivity contribution is 0.298. The Morgan fingerprint density at radius 3 is 2.16 bits per heavy atom. The molecule has 0 heterocycles. The van der Waals surface area contributed by atoms with E-state index in [-0.39, 0.29) is 24.8 Å². The lowest BCUT2D eigenvalue weighted by Crippen LogP contribution is -2.27. The molecule has 0 saturated heterocycles. The fourth-order valence-corrected chi connectivity index (χ4v) is 1.97. The summed E-state index contributed by atoms with van der Waals surface area (Å²) in [7, 11) is 0. The Morgan fingerprint density at radius 1 is 0.947 bits per heavy atom. The Labute approximate surface area is 130 Å². The molecular weight excluding hydrogens is 279 g/mol. The van der Waals surface area contributed by atoms with Crippen molar-refractivity contribution in [1.29, 1.82) is 0 Å². The van der Waals surface area contributed by atoms with Crippen LogP contribution in [0.1, 0.15) is 25.8 Å². The minimum absolute atomic E-state index is 0. The molecule has 0 saturated carbocycles. The Morgan fingerprint density at radius 2 is 1.58 bits per heavy atom. The molecule has 0 radical (unpaired) electrons. The third-order valence-electron chi connectivity index (χ3n) is 3.16. The minimum Gasteiger partial charge on any atom is -0.316 e. The van der Waals surface area contributed by atoms with Gasteiger partial charge in [-0.05, 0) is 51.1 Å². The molecule has 19 heavy (non-hydrogen) atoms. The highest BCUT2D eigenvalue weighted by atomic mass is 35.5. The van der Waals surface area contributed by atoms with Crippen LogP contribution in [0.25, 0.3) is 0 Å². The van der Waals surface area contributed by atoms with Gasteiger partial charge in [0.05, 0.1) is 0 Å². The van der Waals surface area contributed by atoms with E-state index in [0.29, 0.717) is 0 Å². The van der Waals surface area contributed by atoms with Crippen LogP contribution in [0, 0.1) is 0 Å². The van der Waals surface area contributed by atoms with Gasteiger partial charge in [-0.2, -0.15) is 0 Å². The molecular formula is C15H28Cl2N2. The number of hydrogen-bond donors (Lipinski definition) is 1. The second kappa shape index (κ2) is 14.1. The van der Waals surface area contributed by atoms with Gasteiger partial charge >= 0.3 is 0 Å². The smallest absolute Gasteiger partial charge is 0.000687 e. The first-order valence-electron chi connectivity index (χ1n) is 6.83. The van der Waals surface area contributed by atoms with Crippen LogP contribution in [-0.2, 0) is 6.42 Å². The average molecular weight is 307 g/mol.